The highest BCUT2D eigenvalue weighted by molar-refractivity contribution is 7.10. The van der Waals surface area contributed by atoms with E-state index < -0.39 is 0 Å². The number of nitrogens with zero attached hydrogens (tertiary/aromatic N) is 3. The van der Waals surface area contributed by atoms with E-state index in [4.69, 9.17) is 0 Å². The minimum atomic E-state index is 0.268. The summed E-state index contributed by atoms with van der Waals surface area (Å²) in [5.74, 6) is 0. The lowest BCUT2D eigenvalue weighted by Gasteiger charge is -2.11. The van der Waals surface area contributed by atoms with Crippen LogP contribution in [0.3, 0.4) is 0 Å². The van der Waals surface area contributed by atoms with Crippen molar-refractivity contribution in [1.82, 2.24) is 14.6 Å². The molecule has 0 amide bonds. The molecule has 0 aliphatic carbocycles. The lowest BCUT2D eigenvalue weighted by molar-refractivity contribution is 0.894. The summed E-state index contributed by atoms with van der Waals surface area (Å²) in [4.78, 5) is 5.48. The van der Waals surface area contributed by atoms with Crippen LogP contribution in [0.25, 0.3) is 0 Å². The van der Waals surface area contributed by atoms with Crippen molar-refractivity contribution in [2.45, 2.75) is 19.9 Å². The lowest BCUT2D eigenvalue weighted by atomic mass is 10.2. The summed E-state index contributed by atoms with van der Waals surface area (Å²) in [6.07, 6.45) is 1.73. The Labute approximate surface area is 90.2 Å². The van der Waals surface area contributed by atoms with E-state index in [0.717, 1.165) is 10.7 Å². The van der Waals surface area contributed by atoms with E-state index in [0.29, 0.717) is 0 Å². The summed E-state index contributed by atoms with van der Waals surface area (Å²) in [7, 11) is 0. The highest BCUT2D eigenvalue weighted by Gasteiger charge is 2.11. The van der Waals surface area contributed by atoms with Gasteiger partial charge in [-0.2, -0.15) is 0 Å². The monoisotopic (exact) mass is 226 g/mol. The first-order valence-corrected chi connectivity index (χ1v) is 5.86. The number of hydrogen-bond acceptors (Lipinski definition) is 6. The van der Waals surface area contributed by atoms with Gasteiger partial charge in [-0.1, -0.05) is 4.49 Å². The number of aromatic nitrogens is 3. The van der Waals surface area contributed by atoms with Crippen molar-refractivity contribution in [3.63, 3.8) is 0 Å². The molecule has 4 nitrogen and oxygen atoms in total. The Balaban J connectivity index is 2.10. The highest BCUT2D eigenvalue weighted by atomic mass is 32.1. The zero-order valence-corrected chi connectivity index (χ0v) is 9.52. The molecule has 0 saturated carbocycles. The van der Waals surface area contributed by atoms with Crippen LogP contribution < -0.4 is 5.32 Å². The van der Waals surface area contributed by atoms with E-state index in [1.54, 1.807) is 17.5 Å². The number of aryl methyl sites for hydroxylation is 1. The Hall–Kier alpha value is -1.01. The molecule has 0 aliphatic heterocycles. The van der Waals surface area contributed by atoms with Crippen LogP contribution in [0, 0.1) is 6.92 Å². The first kappa shape index (κ1) is 9.54. The molecule has 0 aromatic carbocycles. The van der Waals surface area contributed by atoms with Gasteiger partial charge >= 0.3 is 0 Å². The number of hydrogen-bond donors (Lipinski definition) is 1. The molecule has 2 rings (SSSR count). The molecule has 0 spiro atoms. The van der Waals surface area contributed by atoms with Crippen LogP contribution in [0.4, 0.5) is 5.00 Å². The van der Waals surface area contributed by atoms with E-state index in [2.05, 4.69) is 26.8 Å². The van der Waals surface area contributed by atoms with E-state index in [1.807, 2.05) is 12.4 Å². The molecule has 2 heterocycles. The summed E-state index contributed by atoms with van der Waals surface area (Å²) in [6, 6.07) is 0.268. The molecule has 0 saturated heterocycles. The summed E-state index contributed by atoms with van der Waals surface area (Å²) in [5.41, 5.74) is 2.96. The normalized spacial score (nSPS) is 12.7. The van der Waals surface area contributed by atoms with Crippen LogP contribution in [-0.4, -0.2) is 14.6 Å². The number of rotatable bonds is 3. The molecule has 14 heavy (non-hydrogen) atoms. The lowest BCUT2D eigenvalue weighted by Crippen LogP contribution is -2.04. The van der Waals surface area contributed by atoms with Gasteiger partial charge in [0, 0.05) is 16.4 Å². The Bertz CT molecular complexity index is 395. The van der Waals surface area contributed by atoms with E-state index in [-0.39, 0.29) is 6.04 Å². The average molecular weight is 226 g/mol. The van der Waals surface area contributed by atoms with Crippen molar-refractivity contribution >= 4 is 27.9 Å². The Morgan fingerprint density at radius 1 is 1.50 bits per heavy atom. The molecule has 1 unspecified atom stereocenters. The number of anilines is 1. The fourth-order valence-corrected chi connectivity index (χ4v) is 2.55. The van der Waals surface area contributed by atoms with Crippen LogP contribution >= 0.6 is 22.9 Å². The van der Waals surface area contributed by atoms with Crippen molar-refractivity contribution < 1.29 is 0 Å². The minimum Gasteiger partial charge on any atom is -0.367 e. The second-order valence-corrected chi connectivity index (χ2v) is 4.62. The second-order valence-electron chi connectivity index (χ2n) is 2.95. The maximum absolute atomic E-state index is 4.22. The third kappa shape index (κ3) is 1.91. The molecule has 1 N–H and O–H groups in total. The smallest absolute Gasteiger partial charge is 0.130 e. The van der Waals surface area contributed by atoms with E-state index in [9.17, 15) is 0 Å². The van der Waals surface area contributed by atoms with Gasteiger partial charge in [0.15, 0.2) is 0 Å². The fraction of sp³-hybridized carbons (Fsp3) is 0.375. The van der Waals surface area contributed by atoms with Gasteiger partial charge in [0.2, 0.25) is 0 Å². The van der Waals surface area contributed by atoms with Gasteiger partial charge in [-0.3, -0.25) is 0 Å². The maximum atomic E-state index is 4.22. The summed E-state index contributed by atoms with van der Waals surface area (Å²) in [5, 5.41) is 8.09. The number of nitrogens with one attached hydrogen (secondary N) is 1. The SMILES string of the molecule is Cc1ncsc1C(C)Nc1cnns1. The Morgan fingerprint density at radius 2 is 2.36 bits per heavy atom. The van der Waals surface area contributed by atoms with Crippen molar-refractivity contribution in [3.05, 3.63) is 22.3 Å². The highest BCUT2D eigenvalue weighted by Crippen LogP contribution is 2.25. The van der Waals surface area contributed by atoms with Crippen LogP contribution in [0.5, 0.6) is 0 Å². The third-order valence-electron chi connectivity index (χ3n) is 1.90. The molecule has 0 radical (unpaired) electrons. The molecule has 2 aromatic rings. The van der Waals surface area contributed by atoms with Gasteiger partial charge in [0.1, 0.15) is 5.00 Å². The zero-order valence-electron chi connectivity index (χ0n) is 7.89. The molecule has 74 valence electrons. The van der Waals surface area contributed by atoms with Gasteiger partial charge in [0.05, 0.1) is 23.4 Å². The van der Waals surface area contributed by atoms with Gasteiger partial charge in [-0.25, -0.2) is 4.98 Å². The average Bonchev–Trinajstić information content (AvgIpc) is 2.75. The van der Waals surface area contributed by atoms with Gasteiger partial charge in [0.25, 0.3) is 0 Å². The van der Waals surface area contributed by atoms with Crippen LogP contribution in [0.15, 0.2) is 11.7 Å². The second kappa shape index (κ2) is 4.02. The Kier molecular flexibility index (Phi) is 2.74. The van der Waals surface area contributed by atoms with Crippen LogP contribution in [0.1, 0.15) is 23.5 Å². The van der Waals surface area contributed by atoms with Crippen molar-refractivity contribution in [2.24, 2.45) is 0 Å². The molecule has 6 heteroatoms. The van der Waals surface area contributed by atoms with Gasteiger partial charge in [-0.05, 0) is 13.8 Å². The molecule has 1 atom stereocenters. The standard InChI is InChI=1S/C8H10N4S2/c1-5-8(13-4-9-5)6(2)11-7-3-10-12-14-7/h3-4,6,11H,1-2H3. The van der Waals surface area contributed by atoms with E-state index >= 15 is 0 Å². The van der Waals surface area contributed by atoms with Crippen molar-refractivity contribution in [2.75, 3.05) is 5.32 Å². The van der Waals surface area contributed by atoms with Gasteiger partial charge < -0.3 is 5.32 Å². The predicted octanol–water partition coefficient (Wildman–Crippen LogP) is 2.48. The number of thiazole rings is 1. The minimum absolute atomic E-state index is 0.268. The summed E-state index contributed by atoms with van der Waals surface area (Å²) in [6.45, 7) is 4.13. The fourth-order valence-electron chi connectivity index (χ4n) is 1.24. The largest absolute Gasteiger partial charge is 0.367 e. The first-order valence-electron chi connectivity index (χ1n) is 4.21. The summed E-state index contributed by atoms with van der Waals surface area (Å²) >= 11 is 3.04. The topological polar surface area (TPSA) is 50.7 Å². The molecule has 2 aromatic heterocycles. The third-order valence-corrected chi connectivity index (χ3v) is 3.61. The van der Waals surface area contributed by atoms with Crippen molar-refractivity contribution in [3.8, 4) is 0 Å². The predicted molar refractivity (Wildman–Crippen MR) is 58.8 cm³/mol. The molecule has 0 aliphatic rings. The van der Waals surface area contributed by atoms with Gasteiger partial charge in [-0.15, -0.1) is 16.4 Å². The summed E-state index contributed by atoms with van der Waals surface area (Å²) < 4.78 is 3.80. The van der Waals surface area contributed by atoms with Crippen LogP contribution in [0.2, 0.25) is 0 Å². The first-order chi connectivity index (χ1) is 6.77. The molecule has 0 bridgehead atoms. The molecule has 0 fully saturated rings. The maximum Gasteiger partial charge on any atom is 0.130 e. The Morgan fingerprint density at radius 3 is 2.93 bits per heavy atom. The van der Waals surface area contributed by atoms with Crippen molar-refractivity contribution in [1.29, 1.82) is 0 Å². The quantitative estimate of drug-likeness (QED) is 0.873. The molecular formula is C8H10N4S2. The zero-order chi connectivity index (χ0) is 9.97. The van der Waals surface area contributed by atoms with Crippen LogP contribution in [-0.2, 0) is 0 Å². The van der Waals surface area contributed by atoms with E-state index in [1.165, 1.54) is 16.4 Å². The molecular weight excluding hydrogens is 216 g/mol.